The van der Waals surface area contributed by atoms with Crippen LogP contribution in [0.1, 0.15) is 5.56 Å². The van der Waals surface area contributed by atoms with Crippen molar-refractivity contribution in [3.05, 3.63) is 69.3 Å². The molecule has 26 heavy (non-hydrogen) atoms. The SMILES string of the molecule is COc1ccc(Cl)cc1NC(=O)/C(C#N)=C\NCCc1ccc(Br)cc1. The molecule has 0 spiro atoms. The van der Waals surface area contributed by atoms with Crippen molar-refractivity contribution in [2.45, 2.75) is 6.42 Å². The molecule has 0 heterocycles. The van der Waals surface area contributed by atoms with Crippen LogP contribution in [0.25, 0.3) is 0 Å². The Balaban J connectivity index is 1.95. The van der Waals surface area contributed by atoms with Gasteiger partial charge in [0.1, 0.15) is 17.4 Å². The molecular weight excluding hydrogens is 418 g/mol. The third-order valence-corrected chi connectivity index (χ3v) is 4.26. The fourth-order valence-electron chi connectivity index (χ4n) is 2.16. The van der Waals surface area contributed by atoms with Crippen LogP contribution in [-0.4, -0.2) is 19.6 Å². The Hall–Kier alpha value is -2.49. The number of hydrogen-bond donors (Lipinski definition) is 2. The quantitative estimate of drug-likeness (QED) is 0.387. The number of amides is 1. The Kier molecular flexibility index (Phi) is 7.52. The first-order valence-electron chi connectivity index (χ1n) is 7.76. The van der Waals surface area contributed by atoms with Crippen LogP contribution in [0, 0.1) is 11.3 Å². The van der Waals surface area contributed by atoms with Gasteiger partial charge in [-0.25, -0.2) is 0 Å². The normalized spacial score (nSPS) is 10.8. The number of nitrogens with zero attached hydrogens (tertiary/aromatic N) is 1. The molecule has 0 radical (unpaired) electrons. The number of carbonyl (C=O) groups is 1. The number of rotatable bonds is 7. The van der Waals surface area contributed by atoms with Crippen molar-refractivity contribution < 1.29 is 9.53 Å². The van der Waals surface area contributed by atoms with Crippen molar-refractivity contribution in [1.82, 2.24) is 5.32 Å². The van der Waals surface area contributed by atoms with Crippen LogP contribution in [0.2, 0.25) is 5.02 Å². The molecule has 1 amide bonds. The van der Waals surface area contributed by atoms with Crippen LogP contribution < -0.4 is 15.4 Å². The summed E-state index contributed by atoms with van der Waals surface area (Å²) in [6.45, 7) is 0.598. The molecule has 0 aromatic heterocycles. The molecule has 0 bridgehead atoms. The highest BCUT2D eigenvalue weighted by molar-refractivity contribution is 9.10. The zero-order valence-corrected chi connectivity index (χ0v) is 16.4. The summed E-state index contributed by atoms with van der Waals surface area (Å²) in [7, 11) is 1.49. The number of carbonyl (C=O) groups excluding carboxylic acids is 1. The van der Waals surface area contributed by atoms with Crippen molar-refractivity contribution in [3.8, 4) is 11.8 Å². The van der Waals surface area contributed by atoms with E-state index in [0.717, 1.165) is 16.5 Å². The van der Waals surface area contributed by atoms with Gasteiger partial charge in [0.05, 0.1) is 12.8 Å². The number of nitriles is 1. The van der Waals surface area contributed by atoms with Crippen LogP contribution in [0.15, 0.2) is 58.7 Å². The molecule has 2 aromatic carbocycles. The molecule has 0 atom stereocenters. The molecule has 0 aliphatic carbocycles. The van der Waals surface area contributed by atoms with Crippen LogP contribution in [0.3, 0.4) is 0 Å². The molecule has 2 rings (SSSR count). The van der Waals surface area contributed by atoms with Gasteiger partial charge in [0, 0.05) is 22.2 Å². The highest BCUT2D eigenvalue weighted by atomic mass is 79.9. The third-order valence-electron chi connectivity index (χ3n) is 3.49. The van der Waals surface area contributed by atoms with Gasteiger partial charge in [-0.1, -0.05) is 39.7 Å². The van der Waals surface area contributed by atoms with E-state index in [0.29, 0.717) is 23.0 Å². The van der Waals surface area contributed by atoms with Gasteiger partial charge in [0.15, 0.2) is 0 Å². The Morgan fingerprint density at radius 1 is 1.31 bits per heavy atom. The van der Waals surface area contributed by atoms with Crippen LogP contribution in [0.5, 0.6) is 5.75 Å². The number of hydrogen-bond acceptors (Lipinski definition) is 4. The largest absolute Gasteiger partial charge is 0.495 e. The van der Waals surface area contributed by atoms with E-state index in [-0.39, 0.29) is 5.57 Å². The van der Waals surface area contributed by atoms with E-state index in [9.17, 15) is 10.1 Å². The summed E-state index contributed by atoms with van der Waals surface area (Å²) in [4.78, 5) is 12.3. The predicted octanol–water partition coefficient (Wildman–Crippen LogP) is 4.29. The number of methoxy groups -OCH3 is 1. The second-order valence-corrected chi connectivity index (χ2v) is 6.65. The van der Waals surface area contributed by atoms with Crippen LogP contribution in [0.4, 0.5) is 5.69 Å². The molecule has 5 nitrogen and oxygen atoms in total. The van der Waals surface area contributed by atoms with E-state index >= 15 is 0 Å². The van der Waals surface area contributed by atoms with Gasteiger partial charge in [0.25, 0.3) is 5.91 Å². The lowest BCUT2D eigenvalue weighted by molar-refractivity contribution is -0.112. The van der Waals surface area contributed by atoms with Gasteiger partial charge < -0.3 is 15.4 Å². The number of nitrogens with one attached hydrogen (secondary N) is 2. The van der Waals surface area contributed by atoms with Gasteiger partial charge in [-0.3, -0.25) is 4.79 Å². The van der Waals surface area contributed by atoms with Gasteiger partial charge in [0.2, 0.25) is 0 Å². The molecule has 2 aromatic rings. The molecule has 2 N–H and O–H groups in total. The lowest BCUT2D eigenvalue weighted by atomic mass is 10.1. The molecule has 0 saturated carbocycles. The maximum atomic E-state index is 12.3. The topological polar surface area (TPSA) is 74.1 Å². The van der Waals surface area contributed by atoms with E-state index in [1.165, 1.54) is 13.3 Å². The Labute approximate surface area is 165 Å². The molecule has 134 valence electrons. The first-order chi connectivity index (χ1) is 12.5. The molecule has 0 aliphatic rings. The summed E-state index contributed by atoms with van der Waals surface area (Å²) < 4.78 is 6.20. The van der Waals surface area contributed by atoms with E-state index < -0.39 is 5.91 Å². The first kappa shape index (κ1) is 19.8. The van der Waals surface area contributed by atoms with E-state index in [4.69, 9.17) is 16.3 Å². The maximum Gasteiger partial charge on any atom is 0.267 e. The average molecular weight is 435 g/mol. The van der Waals surface area contributed by atoms with Crippen molar-refractivity contribution >= 4 is 39.1 Å². The summed E-state index contributed by atoms with van der Waals surface area (Å²) in [6, 6.07) is 14.7. The van der Waals surface area contributed by atoms with Gasteiger partial charge in [-0.2, -0.15) is 5.26 Å². The van der Waals surface area contributed by atoms with E-state index in [2.05, 4.69) is 26.6 Å². The molecule has 0 aliphatic heterocycles. The van der Waals surface area contributed by atoms with Gasteiger partial charge in [-0.05, 0) is 42.3 Å². The van der Waals surface area contributed by atoms with Gasteiger partial charge in [-0.15, -0.1) is 0 Å². The minimum absolute atomic E-state index is 0.0390. The maximum absolute atomic E-state index is 12.3. The lowest BCUT2D eigenvalue weighted by Gasteiger charge is -2.10. The minimum Gasteiger partial charge on any atom is -0.495 e. The van der Waals surface area contributed by atoms with Crippen molar-refractivity contribution in [3.63, 3.8) is 0 Å². The fourth-order valence-corrected chi connectivity index (χ4v) is 2.59. The Morgan fingerprint density at radius 3 is 2.69 bits per heavy atom. The highest BCUT2D eigenvalue weighted by Gasteiger charge is 2.12. The highest BCUT2D eigenvalue weighted by Crippen LogP contribution is 2.27. The van der Waals surface area contributed by atoms with Crippen molar-refractivity contribution in [1.29, 1.82) is 5.26 Å². The second kappa shape index (κ2) is 9.85. The second-order valence-electron chi connectivity index (χ2n) is 5.30. The summed E-state index contributed by atoms with van der Waals surface area (Å²) in [5.74, 6) is -0.0764. The lowest BCUT2D eigenvalue weighted by Crippen LogP contribution is -2.18. The molecule has 0 saturated heterocycles. The third kappa shape index (κ3) is 5.80. The van der Waals surface area contributed by atoms with Crippen LogP contribution >= 0.6 is 27.5 Å². The average Bonchev–Trinajstić information content (AvgIpc) is 2.63. The predicted molar refractivity (Wildman–Crippen MR) is 106 cm³/mol. The van der Waals surface area contributed by atoms with Crippen LogP contribution in [-0.2, 0) is 11.2 Å². The monoisotopic (exact) mass is 433 g/mol. The Morgan fingerprint density at radius 2 is 2.04 bits per heavy atom. The number of benzene rings is 2. The van der Waals surface area contributed by atoms with E-state index in [1.54, 1.807) is 18.2 Å². The summed E-state index contributed by atoms with van der Waals surface area (Å²) in [5.41, 5.74) is 1.52. The zero-order valence-electron chi connectivity index (χ0n) is 14.1. The number of halogens is 2. The summed E-state index contributed by atoms with van der Waals surface area (Å²) >= 11 is 9.33. The zero-order chi connectivity index (χ0) is 18.9. The molecule has 0 fully saturated rings. The summed E-state index contributed by atoms with van der Waals surface area (Å²) in [5, 5.41) is 15.3. The van der Waals surface area contributed by atoms with Crippen molar-refractivity contribution in [2.75, 3.05) is 19.0 Å². The minimum atomic E-state index is -0.538. The van der Waals surface area contributed by atoms with Gasteiger partial charge >= 0.3 is 0 Å². The molecular formula is C19H17BrClN3O2. The fraction of sp³-hybridized carbons (Fsp3) is 0.158. The van der Waals surface area contributed by atoms with E-state index in [1.807, 2.05) is 30.3 Å². The van der Waals surface area contributed by atoms with Crippen molar-refractivity contribution in [2.24, 2.45) is 0 Å². The summed E-state index contributed by atoms with van der Waals surface area (Å²) in [6.07, 6.45) is 2.18. The first-order valence-corrected chi connectivity index (χ1v) is 8.93. The smallest absolute Gasteiger partial charge is 0.267 e. The Bertz CT molecular complexity index is 845. The molecule has 7 heteroatoms. The number of ether oxygens (including phenoxy) is 1. The number of anilines is 1. The standard InChI is InChI=1S/C19H17BrClN3O2/c1-26-18-7-6-16(21)10-17(18)24-19(25)14(11-22)12-23-9-8-13-2-4-15(20)5-3-13/h2-7,10,12,23H,8-9H2,1H3,(H,24,25)/b14-12-. The molecule has 0 unspecified atom stereocenters.